The van der Waals surface area contributed by atoms with Gasteiger partial charge in [-0.2, -0.15) is 4.98 Å². The molecule has 1 amide bonds. The fourth-order valence-electron chi connectivity index (χ4n) is 5.23. The number of carbonyl (C=O) groups excluding carboxylic acids is 1. The van der Waals surface area contributed by atoms with E-state index < -0.39 is 0 Å². The number of nitrogens with one attached hydrogen (secondary N) is 2. The number of aryl methyl sites for hydroxylation is 1. The maximum atomic E-state index is 12.8. The highest BCUT2D eigenvalue weighted by Gasteiger charge is 2.24. The van der Waals surface area contributed by atoms with Gasteiger partial charge >= 0.3 is 0 Å². The lowest BCUT2D eigenvalue weighted by Gasteiger charge is -2.30. The van der Waals surface area contributed by atoms with E-state index in [4.69, 9.17) is 9.97 Å². The third kappa shape index (κ3) is 7.67. The Labute approximate surface area is 222 Å². The van der Waals surface area contributed by atoms with Crippen LogP contribution in [0.25, 0.3) is 10.9 Å². The SMILES string of the molecule is CCCCCCCCc1ccc(C(=O)NC2CCC(Nc3nc(N(C)C)c4ccccc4n3)CC2)cc1. The number of benzene rings is 2. The van der Waals surface area contributed by atoms with Crippen molar-refractivity contribution >= 4 is 28.6 Å². The molecule has 3 aromatic rings. The van der Waals surface area contributed by atoms with Gasteiger partial charge < -0.3 is 15.5 Å². The number of anilines is 2. The molecular formula is C31H43N5O. The second-order valence-corrected chi connectivity index (χ2v) is 10.7. The summed E-state index contributed by atoms with van der Waals surface area (Å²) in [6.45, 7) is 2.25. The summed E-state index contributed by atoms with van der Waals surface area (Å²) in [6, 6.07) is 16.8. The van der Waals surface area contributed by atoms with Crippen LogP contribution in [0.2, 0.25) is 0 Å². The van der Waals surface area contributed by atoms with Gasteiger partial charge in [0.15, 0.2) is 0 Å². The topological polar surface area (TPSA) is 70.2 Å². The smallest absolute Gasteiger partial charge is 0.251 e. The highest BCUT2D eigenvalue weighted by molar-refractivity contribution is 5.94. The minimum Gasteiger partial charge on any atom is -0.362 e. The zero-order valence-corrected chi connectivity index (χ0v) is 22.8. The number of rotatable bonds is 12. The molecule has 1 aliphatic rings. The van der Waals surface area contributed by atoms with E-state index in [9.17, 15) is 4.79 Å². The lowest BCUT2D eigenvalue weighted by molar-refractivity contribution is 0.0926. The van der Waals surface area contributed by atoms with Crippen molar-refractivity contribution in [2.45, 2.75) is 89.6 Å². The molecule has 0 unspecified atom stereocenters. The van der Waals surface area contributed by atoms with Gasteiger partial charge in [-0.3, -0.25) is 4.79 Å². The molecule has 1 fully saturated rings. The van der Waals surface area contributed by atoms with E-state index >= 15 is 0 Å². The third-order valence-electron chi connectivity index (χ3n) is 7.44. The second kappa shape index (κ2) is 13.4. The Morgan fingerprint density at radius 1 is 0.865 bits per heavy atom. The first kappa shape index (κ1) is 26.9. The van der Waals surface area contributed by atoms with Crippen molar-refractivity contribution in [3.05, 3.63) is 59.7 Å². The van der Waals surface area contributed by atoms with E-state index in [0.29, 0.717) is 12.0 Å². The molecule has 6 heteroatoms. The average Bonchev–Trinajstić information content (AvgIpc) is 2.91. The average molecular weight is 502 g/mol. The van der Waals surface area contributed by atoms with E-state index in [0.717, 1.165) is 54.4 Å². The molecule has 37 heavy (non-hydrogen) atoms. The molecule has 1 saturated carbocycles. The van der Waals surface area contributed by atoms with Gasteiger partial charge in [-0.15, -0.1) is 0 Å². The molecule has 0 saturated heterocycles. The van der Waals surface area contributed by atoms with Crippen molar-refractivity contribution in [2.24, 2.45) is 0 Å². The number of nitrogens with zero attached hydrogens (tertiary/aromatic N) is 3. The number of amides is 1. The summed E-state index contributed by atoms with van der Waals surface area (Å²) in [4.78, 5) is 24.4. The van der Waals surface area contributed by atoms with Crippen LogP contribution in [-0.4, -0.2) is 42.1 Å². The lowest BCUT2D eigenvalue weighted by atomic mass is 9.91. The standard InChI is InChI=1S/C31H43N5O/c1-4-5-6-7-8-9-12-23-15-17-24(18-16-23)30(37)32-25-19-21-26(22-20-25)33-31-34-28-14-11-10-13-27(28)29(35-31)36(2)3/h10-11,13-18,25-26H,4-9,12,19-22H2,1-3H3,(H,32,37)(H,33,34,35). The predicted molar refractivity (Wildman–Crippen MR) is 155 cm³/mol. The van der Waals surface area contributed by atoms with Gasteiger partial charge in [0.05, 0.1) is 5.52 Å². The number of hydrogen-bond acceptors (Lipinski definition) is 5. The molecule has 0 bridgehead atoms. The molecule has 2 aromatic carbocycles. The first-order chi connectivity index (χ1) is 18.0. The first-order valence-corrected chi connectivity index (χ1v) is 14.1. The Morgan fingerprint density at radius 2 is 1.54 bits per heavy atom. The summed E-state index contributed by atoms with van der Waals surface area (Å²) in [6.07, 6.45) is 12.8. The van der Waals surface area contributed by atoms with E-state index in [1.54, 1.807) is 0 Å². The highest BCUT2D eigenvalue weighted by Crippen LogP contribution is 2.26. The molecule has 198 valence electrons. The minimum absolute atomic E-state index is 0.0380. The number of fused-ring (bicyclic) bond motifs is 1. The number of para-hydroxylation sites is 1. The fourth-order valence-corrected chi connectivity index (χ4v) is 5.23. The van der Waals surface area contributed by atoms with Crippen molar-refractivity contribution < 1.29 is 4.79 Å². The highest BCUT2D eigenvalue weighted by atomic mass is 16.1. The van der Waals surface area contributed by atoms with Crippen molar-refractivity contribution in [2.75, 3.05) is 24.3 Å². The molecule has 6 nitrogen and oxygen atoms in total. The molecule has 0 spiro atoms. The van der Waals surface area contributed by atoms with Crippen LogP contribution >= 0.6 is 0 Å². The Bertz CT molecular complexity index is 1140. The van der Waals surface area contributed by atoms with Crippen LogP contribution in [0.15, 0.2) is 48.5 Å². The molecule has 2 N–H and O–H groups in total. The summed E-state index contributed by atoms with van der Waals surface area (Å²) < 4.78 is 0. The molecule has 1 aliphatic carbocycles. The van der Waals surface area contributed by atoms with Gasteiger partial charge in [0.2, 0.25) is 5.95 Å². The zero-order valence-electron chi connectivity index (χ0n) is 22.8. The zero-order chi connectivity index (χ0) is 26.0. The van der Waals surface area contributed by atoms with Crippen LogP contribution < -0.4 is 15.5 Å². The third-order valence-corrected chi connectivity index (χ3v) is 7.44. The first-order valence-electron chi connectivity index (χ1n) is 14.1. The van der Waals surface area contributed by atoms with Crippen molar-refractivity contribution in [1.82, 2.24) is 15.3 Å². The van der Waals surface area contributed by atoms with Gasteiger partial charge in [0.25, 0.3) is 5.91 Å². The Kier molecular flexibility index (Phi) is 9.75. The predicted octanol–water partition coefficient (Wildman–Crippen LogP) is 6.75. The molecule has 4 rings (SSSR count). The maximum Gasteiger partial charge on any atom is 0.251 e. The molecule has 0 atom stereocenters. The number of carbonyl (C=O) groups is 1. The van der Waals surface area contributed by atoms with Crippen LogP contribution in [0, 0.1) is 0 Å². The van der Waals surface area contributed by atoms with Crippen molar-refractivity contribution in [1.29, 1.82) is 0 Å². The van der Waals surface area contributed by atoms with Gasteiger partial charge in [-0.25, -0.2) is 4.98 Å². The normalized spacial score (nSPS) is 17.5. The summed E-state index contributed by atoms with van der Waals surface area (Å²) >= 11 is 0. The fraction of sp³-hybridized carbons (Fsp3) is 0.516. The monoisotopic (exact) mass is 501 g/mol. The Hall–Kier alpha value is -3.15. The van der Waals surface area contributed by atoms with Crippen molar-refractivity contribution in [3.63, 3.8) is 0 Å². The van der Waals surface area contributed by atoms with Gasteiger partial charge in [0.1, 0.15) is 5.82 Å². The Morgan fingerprint density at radius 3 is 2.27 bits per heavy atom. The van der Waals surface area contributed by atoms with Crippen LogP contribution in [-0.2, 0) is 6.42 Å². The molecule has 0 radical (unpaired) electrons. The van der Waals surface area contributed by atoms with Gasteiger partial charge in [0, 0.05) is 37.1 Å². The van der Waals surface area contributed by atoms with E-state index in [2.05, 4.69) is 35.8 Å². The summed E-state index contributed by atoms with van der Waals surface area (Å²) in [5, 5.41) is 7.86. The summed E-state index contributed by atoms with van der Waals surface area (Å²) in [5.74, 6) is 1.64. The molecular weight excluding hydrogens is 458 g/mol. The van der Waals surface area contributed by atoms with Crippen LogP contribution in [0.5, 0.6) is 0 Å². The van der Waals surface area contributed by atoms with Gasteiger partial charge in [-0.1, -0.05) is 63.3 Å². The maximum absolute atomic E-state index is 12.8. The number of unbranched alkanes of at least 4 members (excludes halogenated alkanes) is 5. The minimum atomic E-state index is 0.0380. The summed E-state index contributed by atoms with van der Waals surface area (Å²) in [7, 11) is 4.02. The Balaban J connectivity index is 1.23. The van der Waals surface area contributed by atoms with E-state index in [-0.39, 0.29) is 11.9 Å². The van der Waals surface area contributed by atoms with E-state index in [1.165, 1.54) is 44.1 Å². The quantitative estimate of drug-likeness (QED) is 0.269. The van der Waals surface area contributed by atoms with Crippen LogP contribution in [0.1, 0.15) is 87.1 Å². The van der Waals surface area contributed by atoms with E-state index in [1.807, 2.05) is 49.3 Å². The van der Waals surface area contributed by atoms with Crippen LogP contribution in [0.4, 0.5) is 11.8 Å². The number of aromatic nitrogens is 2. The van der Waals surface area contributed by atoms with Crippen LogP contribution in [0.3, 0.4) is 0 Å². The molecule has 1 aromatic heterocycles. The second-order valence-electron chi connectivity index (χ2n) is 10.7. The largest absolute Gasteiger partial charge is 0.362 e. The number of hydrogen-bond donors (Lipinski definition) is 2. The summed E-state index contributed by atoms with van der Waals surface area (Å²) in [5.41, 5.74) is 3.03. The van der Waals surface area contributed by atoms with Gasteiger partial charge in [-0.05, 0) is 68.4 Å². The molecule has 0 aliphatic heterocycles. The molecule has 1 heterocycles. The lowest BCUT2D eigenvalue weighted by Crippen LogP contribution is -2.40. The van der Waals surface area contributed by atoms with Crippen molar-refractivity contribution in [3.8, 4) is 0 Å².